The molecule has 0 radical (unpaired) electrons. The second kappa shape index (κ2) is 3.06. The molecule has 2 aromatic rings. The number of rotatable bonds is 2. The topological polar surface area (TPSA) is 39.1 Å². The molecule has 0 saturated heterocycles. The predicted octanol–water partition coefficient (Wildman–Crippen LogP) is 1.45. The minimum absolute atomic E-state index is 0.993. The van der Waals surface area contributed by atoms with Crippen molar-refractivity contribution in [2.45, 2.75) is 6.92 Å². The lowest BCUT2D eigenvalue weighted by Crippen LogP contribution is -2.11. The summed E-state index contributed by atoms with van der Waals surface area (Å²) >= 11 is 0. The molecule has 4 heteroatoms. The molecule has 13 heavy (non-hydrogen) atoms. The predicted molar refractivity (Wildman–Crippen MR) is 50.8 cm³/mol. The van der Waals surface area contributed by atoms with E-state index in [9.17, 15) is 0 Å². The fraction of sp³-hybridized carbons (Fsp3) is 0.222. The summed E-state index contributed by atoms with van der Waals surface area (Å²) in [4.78, 5) is 9.10. The van der Waals surface area contributed by atoms with Crippen LogP contribution in [-0.4, -0.2) is 16.8 Å². The number of aryl methyl sites for hydroxylation is 1. The molecule has 0 spiro atoms. The summed E-state index contributed by atoms with van der Waals surface area (Å²) < 4.78 is 1.80. The lowest BCUT2D eigenvalue weighted by molar-refractivity contribution is 0.223. The highest BCUT2D eigenvalue weighted by atomic mass is 16.7. The van der Waals surface area contributed by atoms with E-state index in [0.717, 1.165) is 16.6 Å². The van der Waals surface area contributed by atoms with E-state index < -0.39 is 0 Å². The van der Waals surface area contributed by atoms with Crippen molar-refractivity contribution in [3.63, 3.8) is 0 Å². The van der Waals surface area contributed by atoms with Crippen LogP contribution in [-0.2, 0) is 4.84 Å². The molecule has 0 amide bonds. The molecule has 0 bridgehead atoms. The van der Waals surface area contributed by atoms with Crippen molar-refractivity contribution < 1.29 is 4.84 Å². The average molecular weight is 177 g/mol. The van der Waals surface area contributed by atoms with Crippen molar-refractivity contribution in [3.8, 4) is 0 Å². The van der Waals surface area contributed by atoms with Crippen LogP contribution in [0.5, 0.6) is 0 Å². The molecule has 2 heterocycles. The quantitative estimate of drug-likeness (QED) is 0.706. The summed E-state index contributed by atoms with van der Waals surface area (Å²) in [5, 5.41) is 0. The molecule has 2 aromatic heterocycles. The smallest absolute Gasteiger partial charge is 0.0931 e. The van der Waals surface area contributed by atoms with Gasteiger partial charge in [-0.15, -0.1) is 0 Å². The molecule has 1 N–H and O–H groups in total. The van der Waals surface area contributed by atoms with Gasteiger partial charge in [0.1, 0.15) is 0 Å². The van der Waals surface area contributed by atoms with Gasteiger partial charge in [-0.1, -0.05) is 0 Å². The molecule has 68 valence electrons. The normalized spacial score (nSPS) is 10.6. The second-order valence-corrected chi connectivity index (χ2v) is 2.85. The first-order valence-corrected chi connectivity index (χ1v) is 4.04. The van der Waals surface area contributed by atoms with Gasteiger partial charge < -0.3 is 0 Å². The van der Waals surface area contributed by atoms with Crippen molar-refractivity contribution in [2.24, 2.45) is 0 Å². The van der Waals surface area contributed by atoms with Gasteiger partial charge in [-0.05, 0) is 24.6 Å². The molecular formula is C9H11N3O. The highest BCUT2D eigenvalue weighted by Gasteiger charge is 2.04. The summed E-state index contributed by atoms with van der Waals surface area (Å²) in [5.41, 5.74) is 5.88. The first kappa shape index (κ1) is 8.07. The van der Waals surface area contributed by atoms with E-state index in [1.807, 2.05) is 25.3 Å². The van der Waals surface area contributed by atoms with Gasteiger partial charge in [-0.25, -0.2) is 10.3 Å². The van der Waals surface area contributed by atoms with Crippen molar-refractivity contribution in [1.82, 2.24) is 9.66 Å². The Morgan fingerprint density at radius 1 is 1.54 bits per heavy atom. The molecule has 4 nitrogen and oxygen atoms in total. The fourth-order valence-electron chi connectivity index (χ4n) is 1.39. The number of fused-ring (bicyclic) bond motifs is 1. The summed E-state index contributed by atoms with van der Waals surface area (Å²) in [6.45, 7) is 2.02. The third kappa shape index (κ3) is 1.25. The summed E-state index contributed by atoms with van der Waals surface area (Å²) in [6.07, 6.45) is 3.73. The monoisotopic (exact) mass is 177 g/mol. The van der Waals surface area contributed by atoms with Gasteiger partial charge in [0.2, 0.25) is 0 Å². The van der Waals surface area contributed by atoms with E-state index in [1.165, 1.54) is 0 Å². The van der Waals surface area contributed by atoms with Crippen LogP contribution in [0.2, 0.25) is 0 Å². The lowest BCUT2D eigenvalue weighted by Gasteiger charge is -2.04. The Kier molecular flexibility index (Phi) is 1.90. The maximum Gasteiger partial charge on any atom is 0.0931 e. The van der Waals surface area contributed by atoms with E-state index in [1.54, 1.807) is 18.0 Å². The van der Waals surface area contributed by atoms with Crippen LogP contribution in [0.25, 0.3) is 11.0 Å². The lowest BCUT2D eigenvalue weighted by atomic mass is 10.3. The molecule has 0 fully saturated rings. The Morgan fingerprint density at radius 2 is 2.38 bits per heavy atom. The van der Waals surface area contributed by atoms with Gasteiger partial charge in [0, 0.05) is 12.4 Å². The molecule has 0 aliphatic heterocycles. The standard InChI is InChI=1S/C9H11N3O/c1-7-6-12(11-13-2)8-4-3-5-10-9(7)8/h3-6,11H,1-2H3. The van der Waals surface area contributed by atoms with Gasteiger partial charge in [0.05, 0.1) is 18.1 Å². The van der Waals surface area contributed by atoms with E-state index in [4.69, 9.17) is 4.84 Å². The molecule has 0 aliphatic carbocycles. The highest BCUT2D eigenvalue weighted by molar-refractivity contribution is 5.79. The zero-order valence-electron chi connectivity index (χ0n) is 7.61. The average Bonchev–Trinajstić information content (AvgIpc) is 2.46. The first-order chi connectivity index (χ1) is 6.33. The number of nitrogens with one attached hydrogen (secondary N) is 1. The van der Waals surface area contributed by atoms with E-state index in [0.29, 0.717) is 0 Å². The van der Waals surface area contributed by atoms with Crippen molar-refractivity contribution in [3.05, 3.63) is 30.1 Å². The molecule has 0 atom stereocenters. The molecule has 0 unspecified atom stereocenters. The van der Waals surface area contributed by atoms with Crippen LogP contribution >= 0.6 is 0 Å². The van der Waals surface area contributed by atoms with E-state index in [2.05, 4.69) is 10.6 Å². The van der Waals surface area contributed by atoms with Crippen molar-refractivity contribution in [1.29, 1.82) is 0 Å². The van der Waals surface area contributed by atoms with Crippen LogP contribution in [0.4, 0.5) is 0 Å². The van der Waals surface area contributed by atoms with Crippen molar-refractivity contribution >= 4 is 11.0 Å². The first-order valence-electron chi connectivity index (χ1n) is 4.04. The van der Waals surface area contributed by atoms with Crippen LogP contribution in [0.15, 0.2) is 24.5 Å². The third-order valence-electron chi connectivity index (χ3n) is 1.93. The van der Waals surface area contributed by atoms with Crippen LogP contribution in [0.3, 0.4) is 0 Å². The highest BCUT2D eigenvalue weighted by Crippen LogP contribution is 2.16. The second-order valence-electron chi connectivity index (χ2n) is 2.85. The zero-order chi connectivity index (χ0) is 9.26. The summed E-state index contributed by atoms with van der Waals surface area (Å²) in [6, 6.07) is 3.89. The Hall–Kier alpha value is -1.55. The van der Waals surface area contributed by atoms with Crippen LogP contribution in [0.1, 0.15) is 5.56 Å². The van der Waals surface area contributed by atoms with Crippen LogP contribution < -0.4 is 5.59 Å². The Morgan fingerprint density at radius 3 is 3.15 bits per heavy atom. The Bertz CT molecular complexity index is 422. The fourth-order valence-corrected chi connectivity index (χ4v) is 1.39. The van der Waals surface area contributed by atoms with E-state index >= 15 is 0 Å². The van der Waals surface area contributed by atoms with Gasteiger partial charge in [0.25, 0.3) is 0 Å². The van der Waals surface area contributed by atoms with Gasteiger partial charge in [-0.3, -0.25) is 9.82 Å². The minimum atomic E-state index is 0.993. The zero-order valence-corrected chi connectivity index (χ0v) is 7.61. The summed E-state index contributed by atoms with van der Waals surface area (Å²) in [7, 11) is 1.58. The Balaban J connectivity index is 2.63. The summed E-state index contributed by atoms with van der Waals surface area (Å²) in [5.74, 6) is 0. The van der Waals surface area contributed by atoms with Crippen molar-refractivity contribution in [2.75, 3.05) is 12.7 Å². The number of hydrogen-bond donors (Lipinski definition) is 1. The minimum Gasteiger partial charge on any atom is -0.264 e. The third-order valence-corrected chi connectivity index (χ3v) is 1.93. The molecular weight excluding hydrogens is 166 g/mol. The maximum absolute atomic E-state index is 4.83. The largest absolute Gasteiger partial charge is 0.264 e. The molecule has 0 saturated carbocycles. The molecule has 2 rings (SSSR count). The maximum atomic E-state index is 4.83. The number of aromatic nitrogens is 2. The Labute approximate surface area is 76.1 Å². The van der Waals surface area contributed by atoms with Gasteiger partial charge >= 0.3 is 0 Å². The van der Waals surface area contributed by atoms with Crippen LogP contribution in [0, 0.1) is 6.92 Å². The molecule has 0 aliphatic rings. The number of pyridine rings is 1. The SMILES string of the molecule is CONn1cc(C)c2ncccc21. The molecule has 0 aromatic carbocycles. The van der Waals surface area contributed by atoms with Gasteiger partial charge in [0.15, 0.2) is 0 Å². The number of nitrogens with zero attached hydrogens (tertiary/aromatic N) is 2. The van der Waals surface area contributed by atoms with E-state index in [-0.39, 0.29) is 0 Å². The van der Waals surface area contributed by atoms with Gasteiger partial charge in [-0.2, -0.15) is 0 Å². The number of hydrogen-bond acceptors (Lipinski definition) is 3.